The Balaban J connectivity index is 2.81. The molecule has 0 aromatic carbocycles. The molecule has 1 rings (SSSR count). The highest BCUT2D eigenvalue weighted by Crippen LogP contribution is 2.33. The lowest BCUT2D eigenvalue weighted by Gasteiger charge is -2.29. The van der Waals surface area contributed by atoms with Gasteiger partial charge in [0, 0.05) is 0 Å². The molecule has 1 fully saturated rings. The van der Waals surface area contributed by atoms with Crippen molar-refractivity contribution in [2.45, 2.75) is 36.9 Å². The van der Waals surface area contributed by atoms with Crippen LogP contribution in [0.3, 0.4) is 0 Å². The number of rotatable bonds is 1. The zero-order valence-electron chi connectivity index (χ0n) is 6.41. The Bertz CT molecular complexity index is 224. The molecule has 0 spiro atoms. The van der Waals surface area contributed by atoms with Crippen molar-refractivity contribution >= 4 is 10.1 Å². The van der Waals surface area contributed by atoms with Crippen LogP contribution in [0.15, 0.2) is 0 Å². The maximum atomic E-state index is 10.8. The van der Waals surface area contributed by atoms with Gasteiger partial charge in [0.2, 0.25) is 0 Å². The molecule has 0 aromatic heterocycles. The zero-order valence-corrected chi connectivity index (χ0v) is 7.23. The first kappa shape index (κ1) is 9.00. The molecular weight excluding hydrogens is 164 g/mol. The lowest BCUT2D eigenvalue weighted by atomic mass is 9.90. The van der Waals surface area contributed by atoms with Gasteiger partial charge in [0.1, 0.15) is 0 Å². The van der Waals surface area contributed by atoms with E-state index < -0.39 is 14.9 Å². The molecule has 3 nitrogen and oxygen atoms in total. The molecule has 0 saturated heterocycles. The van der Waals surface area contributed by atoms with Crippen molar-refractivity contribution in [3.63, 3.8) is 0 Å². The van der Waals surface area contributed by atoms with Crippen LogP contribution in [0.2, 0.25) is 0 Å². The SMILES string of the molecule is [CH2]C1(S(=O)(=O)O)CCCCC1. The molecule has 0 atom stereocenters. The summed E-state index contributed by atoms with van der Waals surface area (Å²) in [6, 6.07) is 0. The Morgan fingerprint density at radius 3 is 1.91 bits per heavy atom. The van der Waals surface area contributed by atoms with E-state index in [-0.39, 0.29) is 0 Å². The second-order valence-corrected chi connectivity index (χ2v) is 5.03. The van der Waals surface area contributed by atoms with Gasteiger partial charge in [-0.3, -0.25) is 4.55 Å². The maximum Gasteiger partial charge on any atom is 0.270 e. The quantitative estimate of drug-likeness (QED) is 0.616. The topological polar surface area (TPSA) is 54.4 Å². The van der Waals surface area contributed by atoms with E-state index in [0.29, 0.717) is 12.8 Å². The number of hydrogen-bond donors (Lipinski definition) is 1. The Kier molecular flexibility index (Phi) is 2.25. The maximum absolute atomic E-state index is 10.8. The Morgan fingerprint density at radius 1 is 1.18 bits per heavy atom. The largest absolute Gasteiger partial charge is 0.285 e. The van der Waals surface area contributed by atoms with Crippen LogP contribution >= 0.6 is 0 Å². The van der Waals surface area contributed by atoms with Crippen LogP contribution in [0.25, 0.3) is 0 Å². The third kappa shape index (κ3) is 1.73. The first-order chi connectivity index (χ1) is 4.96. The monoisotopic (exact) mass is 177 g/mol. The Hall–Kier alpha value is -0.0900. The van der Waals surface area contributed by atoms with Crippen LogP contribution in [-0.4, -0.2) is 17.7 Å². The summed E-state index contributed by atoms with van der Waals surface area (Å²) >= 11 is 0. The van der Waals surface area contributed by atoms with E-state index in [4.69, 9.17) is 4.55 Å². The average Bonchev–Trinajstić information content (AvgIpc) is 1.87. The summed E-state index contributed by atoms with van der Waals surface area (Å²) in [6.07, 6.45) is 3.73. The molecular formula is C7H13O3S. The van der Waals surface area contributed by atoms with E-state index in [1.54, 1.807) is 0 Å². The van der Waals surface area contributed by atoms with Gasteiger partial charge in [-0.15, -0.1) is 0 Å². The highest BCUT2D eigenvalue weighted by atomic mass is 32.2. The molecule has 65 valence electrons. The van der Waals surface area contributed by atoms with Gasteiger partial charge < -0.3 is 0 Å². The molecule has 11 heavy (non-hydrogen) atoms. The van der Waals surface area contributed by atoms with E-state index >= 15 is 0 Å². The van der Waals surface area contributed by atoms with Crippen molar-refractivity contribution in [1.82, 2.24) is 0 Å². The molecule has 4 heteroatoms. The van der Waals surface area contributed by atoms with Crippen LogP contribution in [-0.2, 0) is 10.1 Å². The smallest absolute Gasteiger partial charge is 0.270 e. The van der Waals surface area contributed by atoms with Crippen LogP contribution in [0.5, 0.6) is 0 Å². The minimum absolute atomic E-state index is 0.492. The summed E-state index contributed by atoms with van der Waals surface area (Å²) < 4.78 is 29.3. The summed E-state index contributed by atoms with van der Waals surface area (Å²) in [5.74, 6) is 0. The summed E-state index contributed by atoms with van der Waals surface area (Å²) in [4.78, 5) is 0. The molecule has 1 aliphatic rings. The van der Waals surface area contributed by atoms with E-state index in [2.05, 4.69) is 6.92 Å². The first-order valence-corrected chi connectivity index (χ1v) is 5.22. The third-order valence-corrected chi connectivity index (χ3v) is 3.81. The third-order valence-electron chi connectivity index (χ3n) is 2.31. The second kappa shape index (κ2) is 2.75. The molecule has 0 aliphatic heterocycles. The molecule has 1 saturated carbocycles. The number of hydrogen-bond acceptors (Lipinski definition) is 2. The minimum atomic E-state index is -3.94. The van der Waals surface area contributed by atoms with E-state index in [0.717, 1.165) is 19.3 Å². The molecule has 0 unspecified atom stereocenters. The van der Waals surface area contributed by atoms with Crippen molar-refractivity contribution in [2.24, 2.45) is 0 Å². The van der Waals surface area contributed by atoms with Crippen LogP contribution in [0.4, 0.5) is 0 Å². The molecule has 1 aliphatic carbocycles. The Labute approximate surface area is 67.6 Å². The average molecular weight is 177 g/mol. The van der Waals surface area contributed by atoms with Gasteiger partial charge in [-0.25, -0.2) is 0 Å². The lowest BCUT2D eigenvalue weighted by Crippen LogP contribution is -2.37. The fraction of sp³-hybridized carbons (Fsp3) is 0.857. The standard InChI is InChI=1S/C7H13O3S/c1-7(11(8,9)10)5-3-2-4-6-7/h1-6H2,(H,8,9,10). The minimum Gasteiger partial charge on any atom is -0.285 e. The van der Waals surface area contributed by atoms with Crippen molar-refractivity contribution in [1.29, 1.82) is 0 Å². The van der Waals surface area contributed by atoms with Crippen molar-refractivity contribution in [2.75, 3.05) is 0 Å². The normalized spacial score (nSPS) is 24.9. The molecule has 1 radical (unpaired) electrons. The summed E-state index contributed by atoms with van der Waals surface area (Å²) in [5, 5.41) is 0. The van der Waals surface area contributed by atoms with Gasteiger partial charge in [-0.05, 0) is 19.8 Å². The molecule has 0 aromatic rings. The molecule has 0 amide bonds. The Morgan fingerprint density at radius 2 is 1.64 bits per heavy atom. The van der Waals surface area contributed by atoms with E-state index in [9.17, 15) is 8.42 Å². The van der Waals surface area contributed by atoms with Gasteiger partial charge in [0.05, 0.1) is 4.75 Å². The highest BCUT2D eigenvalue weighted by Gasteiger charge is 2.38. The highest BCUT2D eigenvalue weighted by molar-refractivity contribution is 7.87. The molecule has 0 heterocycles. The van der Waals surface area contributed by atoms with Gasteiger partial charge in [0.25, 0.3) is 10.1 Å². The fourth-order valence-electron chi connectivity index (χ4n) is 1.45. The van der Waals surface area contributed by atoms with Crippen molar-refractivity contribution in [3.8, 4) is 0 Å². The summed E-state index contributed by atoms with van der Waals surface area (Å²) in [7, 11) is -3.94. The molecule has 1 N–H and O–H groups in total. The zero-order chi connectivity index (χ0) is 8.54. The van der Waals surface area contributed by atoms with Gasteiger partial charge in [-0.1, -0.05) is 19.3 Å². The first-order valence-electron chi connectivity index (χ1n) is 3.78. The summed E-state index contributed by atoms with van der Waals surface area (Å²) in [6.45, 7) is 3.56. The molecule has 0 bridgehead atoms. The van der Waals surface area contributed by atoms with Gasteiger partial charge >= 0.3 is 0 Å². The van der Waals surface area contributed by atoms with E-state index in [1.807, 2.05) is 0 Å². The van der Waals surface area contributed by atoms with Crippen LogP contribution in [0.1, 0.15) is 32.1 Å². The predicted octanol–water partition coefficient (Wildman–Crippen LogP) is 1.41. The van der Waals surface area contributed by atoms with E-state index in [1.165, 1.54) is 0 Å². The van der Waals surface area contributed by atoms with Crippen LogP contribution < -0.4 is 0 Å². The fourth-order valence-corrected chi connectivity index (χ4v) is 2.26. The van der Waals surface area contributed by atoms with Crippen molar-refractivity contribution in [3.05, 3.63) is 6.92 Å². The van der Waals surface area contributed by atoms with Crippen LogP contribution in [0, 0.1) is 6.92 Å². The predicted molar refractivity (Wildman–Crippen MR) is 42.7 cm³/mol. The van der Waals surface area contributed by atoms with Gasteiger partial charge in [-0.2, -0.15) is 8.42 Å². The second-order valence-electron chi connectivity index (χ2n) is 3.22. The summed E-state index contributed by atoms with van der Waals surface area (Å²) in [5.41, 5.74) is 0. The lowest BCUT2D eigenvalue weighted by molar-refractivity contribution is 0.379. The van der Waals surface area contributed by atoms with Crippen molar-refractivity contribution < 1.29 is 13.0 Å². The van der Waals surface area contributed by atoms with Gasteiger partial charge in [0.15, 0.2) is 0 Å².